The molecule has 0 saturated heterocycles. The number of rotatable bonds is 8. The fourth-order valence-corrected chi connectivity index (χ4v) is 5.22. The number of hydrogen-bond donors (Lipinski definition) is 0. The van der Waals surface area contributed by atoms with Gasteiger partial charge in [-0.05, 0) is 98.8 Å². The summed E-state index contributed by atoms with van der Waals surface area (Å²) in [6.45, 7) is 5.27. The number of benzene rings is 2. The van der Waals surface area contributed by atoms with E-state index in [1.807, 2.05) is 0 Å². The molecule has 1 saturated carbocycles. The smallest absolute Gasteiger partial charge is 0.119 e. The van der Waals surface area contributed by atoms with Gasteiger partial charge in [0.1, 0.15) is 5.75 Å². The van der Waals surface area contributed by atoms with Crippen LogP contribution in [-0.2, 0) is 0 Å². The highest BCUT2D eigenvalue weighted by Gasteiger charge is 2.21. The van der Waals surface area contributed by atoms with Crippen LogP contribution in [0.4, 0.5) is 0 Å². The van der Waals surface area contributed by atoms with Crippen LogP contribution in [0.1, 0.15) is 63.9 Å². The molecule has 2 atom stereocenters. The maximum Gasteiger partial charge on any atom is 0.119 e. The molecule has 0 bridgehead atoms. The maximum atomic E-state index is 6.15. The van der Waals surface area contributed by atoms with Crippen molar-refractivity contribution in [3.63, 3.8) is 0 Å². The Morgan fingerprint density at radius 2 is 1.47 bits per heavy atom. The molecule has 0 aliphatic heterocycles. The van der Waals surface area contributed by atoms with Gasteiger partial charge in [-0.15, -0.1) is 0 Å². The van der Waals surface area contributed by atoms with Crippen molar-refractivity contribution in [2.45, 2.75) is 65.2 Å². The predicted molar refractivity (Wildman–Crippen MR) is 137 cm³/mol. The number of aryl methyl sites for hydroxylation is 1. The van der Waals surface area contributed by atoms with Crippen LogP contribution in [0.25, 0.3) is 11.1 Å². The molecular formula is C31H40O. The molecule has 2 aliphatic rings. The van der Waals surface area contributed by atoms with Crippen molar-refractivity contribution in [3.05, 3.63) is 78.4 Å². The summed E-state index contributed by atoms with van der Waals surface area (Å²) >= 11 is 0. The zero-order valence-corrected chi connectivity index (χ0v) is 20.0. The first-order valence-corrected chi connectivity index (χ1v) is 12.9. The molecule has 2 aliphatic carbocycles. The first kappa shape index (κ1) is 22.9. The van der Waals surface area contributed by atoms with Gasteiger partial charge in [0.25, 0.3) is 0 Å². The van der Waals surface area contributed by atoms with Gasteiger partial charge in [-0.25, -0.2) is 0 Å². The number of hydrogen-bond acceptors (Lipinski definition) is 1. The summed E-state index contributed by atoms with van der Waals surface area (Å²) in [4.78, 5) is 0. The van der Waals surface area contributed by atoms with E-state index in [0.29, 0.717) is 11.8 Å². The molecule has 0 aromatic heterocycles. The van der Waals surface area contributed by atoms with E-state index in [1.54, 1.807) is 0 Å². The Balaban J connectivity index is 1.18. The molecule has 0 N–H and O–H groups in total. The third kappa shape index (κ3) is 6.61. The largest absolute Gasteiger partial charge is 0.493 e. The lowest BCUT2D eigenvalue weighted by atomic mass is 9.81. The van der Waals surface area contributed by atoms with Gasteiger partial charge in [-0.3, -0.25) is 0 Å². The van der Waals surface area contributed by atoms with E-state index in [1.165, 1.54) is 68.1 Å². The standard InChI is InChI=1S/C31H40O/c1-3-4-25-7-9-26(10-8-25)11-12-27-13-15-28(16-14-27)23-32-31-21-19-30(20-22-31)29-17-5-24(2)6-18-29/h5-7,9,11-12,17-22,25-28H,3-4,8,10,13-16,23H2,1-2H3/b12-11+. The van der Waals surface area contributed by atoms with Gasteiger partial charge in [0.2, 0.25) is 0 Å². The topological polar surface area (TPSA) is 9.23 Å². The Morgan fingerprint density at radius 1 is 0.781 bits per heavy atom. The van der Waals surface area contributed by atoms with Crippen LogP contribution < -0.4 is 4.74 Å². The van der Waals surface area contributed by atoms with E-state index in [-0.39, 0.29) is 0 Å². The van der Waals surface area contributed by atoms with E-state index in [2.05, 4.69) is 86.7 Å². The lowest BCUT2D eigenvalue weighted by molar-refractivity contribution is 0.194. The highest BCUT2D eigenvalue weighted by atomic mass is 16.5. The summed E-state index contributed by atoms with van der Waals surface area (Å²) in [6, 6.07) is 17.3. The molecule has 0 spiro atoms. The number of allylic oxidation sites excluding steroid dienone is 4. The van der Waals surface area contributed by atoms with Crippen molar-refractivity contribution >= 4 is 0 Å². The SMILES string of the molecule is CCCC1C=CC(/C=C/C2CCC(COc3ccc(-c4ccc(C)cc4)cc3)CC2)CC1. The summed E-state index contributed by atoms with van der Waals surface area (Å²) < 4.78 is 6.15. The monoisotopic (exact) mass is 428 g/mol. The van der Waals surface area contributed by atoms with Crippen molar-refractivity contribution in [2.75, 3.05) is 6.61 Å². The molecule has 1 heteroatoms. The zero-order valence-electron chi connectivity index (χ0n) is 20.0. The van der Waals surface area contributed by atoms with E-state index >= 15 is 0 Å². The highest BCUT2D eigenvalue weighted by molar-refractivity contribution is 5.64. The van der Waals surface area contributed by atoms with Gasteiger partial charge in [-0.1, -0.05) is 79.6 Å². The Labute approximate surface area is 195 Å². The Hall–Kier alpha value is -2.28. The van der Waals surface area contributed by atoms with Crippen molar-refractivity contribution in [3.8, 4) is 16.9 Å². The van der Waals surface area contributed by atoms with E-state index in [4.69, 9.17) is 4.74 Å². The minimum atomic E-state index is 0.673. The van der Waals surface area contributed by atoms with Gasteiger partial charge < -0.3 is 4.74 Å². The molecule has 1 nitrogen and oxygen atoms in total. The van der Waals surface area contributed by atoms with E-state index < -0.39 is 0 Å². The zero-order chi connectivity index (χ0) is 22.2. The summed E-state index contributed by atoms with van der Waals surface area (Å²) in [5.41, 5.74) is 3.81. The first-order chi connectivity index (χ1) is 15.7. The Bertz CT molecular complexity index is 866. The fourth-order valence-electron chi connectivity index (χ4n) is 5.22. The van der Waals surface area contributed by atoms with Crippen LogP contribution in [-0.4, -0.2) is 6.61 Å². The van der Waals surface area contributed by atoms with Crippen LogP contribution in [0.15, 0.2) is 72.8 Å². The minimum Gasteiger partial charge on any atom is -0.493 e. The molecule has 170 valence electrons. The molecule has 32 heavy (non-hydrogen) atoms. The third-order valence-electron chi connectivity index (χ3n) is 7.41. The van der Waals surface area contributed by atoms with Crippen LogP contribution in [0.5, 0.6) is 5.75 Å². The molecular weight excluding hydrogens is 388 g/mol. The normalized spacial score (nSPS) is 25.8. The van der Waals surface area contributed by atoms with Gasteiger partial charge in [0, 0.05) is 0 Å². The minimum absolute atomic E-state index is 0.673. The summed E-state index contributed by atoms with van der Waals surface area (Å²) in [5, 5.41) is 0. The third-order valence-corrected chi connectivity index (χ3v) is 7.41. The summed E-state index contributed by atoms with van der Waals surface area (Å²) in [6.07, 6.45) is 20.5. The van der Waals surface area contributed by atoms with Gasteiger partial charge >= 0.3 is 0 Å². The Kier molecular flexibility index (Phi) is 8.26. The average molecular weight is 429 g/mol. The highest BCUT2D eigenvalue weighted by Crippen LogP contribution is 2.32. The van der Waals surface area contributed by atoms with E-state index in [9.17, 15) is 0 Å². The summed E-state index contributed by atoms with van der Waals surface area (Å²) in [5.74, 6) is 3.96. The second-order valence-electron chi connectivity index (χ2n) is 10.0. The molecule has 4 rings (SSSR count). The molecule has 0 amide bonds. The van der Waals surface area contributed by atoms with Crippen molar-refractivity contribution in [2.24, 2.45) is 23.7 Å². The Morgan fingerprint density at radius 3 is 2.09 bits per heavy atom. The van der Waals surface area contributed by atoms with E-state index in [0.717, 1.165) is 24.2 Å². The van der Waals surface area contributed by atoms with Crippen LogP contribution >= 0.6 is 0 Å². The average Bonchev–Trinajstić information content (AvgIpc) is 2.84. The lowest BCUT2D eigenvalue weighted by Crippen LogP contribution is -2.19. The molecule has 2 aromatic rings. The second kappa shape index (κ2) is 11.5. The second-order valence-corrected chi connectivity index (χ2v) is 10.0. The molecule has 2 unspecified atom stereocenters. The van der Waals surface area contributed by atoms with Crippen molar-refractivity contribution in [1.29, 1.82) is 0 Å². The lowest BCUT2D eigenvalue weighted by Gasteiger charge is -2.27. The quantitative estimate of drug-likeness (QED) is 0.382. The summed E-state index contributed by atoms with van der Waals surface area (Å²) in [7, 11) is 0. The van der Waals surface area contributed by atoms with Gasteiger partial charge in [0.15, 0.2) is 0 Å². The van der Waals surface area contributed by atoms with Crippen molar-refractivity contribution < 1.29 is 4.74 Å². The fraction of sp³-hybridized carbons (Fsp3) is 0.484. The van der Waals surface area contributed by atoms with Gasteiger partial charge in [0.05, 0.1) is 6.61 Å². The molecule has 0 heterocycles. The van der Waals surface area contributed by atoms with Crippen molar-refractivity contribution in [1.82, 2.24) is 0 Å². The van der Waals surface area contributed by atoms with Crippen LogP contribution in [0.3, 0.4) is 0 Å². The predicted octanol–water partition coefficient (Wildman–Crippen LogP) is 8.79. The van der Waals surface area contributed by atoms with Crippen LogP contribution in [0, 0.1) is 30.6 Å². The van der Waals surface area contributed by atoms with Gasteiger partial charge in [-0.2, -0.15) is 0 Å². The molecule has 0 radical (unpaired) electrons. The number of ether oxygens (including phenoxy) is 1. The maximum absolute atomic E-state index is 6.15. The first-order valence-electron chi connectivity index (χ1n) is 12.9. The molecule has 1 fully saturated rings. The molecule has 2 aromatic carbocycles. The van der Waals surface area contributed by atoms with Crippen LogP contribution in [0.2, 0.25) is 0 Å².